The summed E-state index contributed by atoms with van der Waals surface area (Å²) in [5, 5.41) is 13.8. The summed E-state index contributed by atoms with van der Waals surface area (Å²) in [5.74, 6) is -0.191. The van der Waals surface area contributed by atoms with E-state index in [2.05, 4.69) is 10.3 Å². The van der Waals surface area contributed by atoms with Crippen molar-refractivity contribution in [2.24, 2.45) is 0 Å². The normalized spacial score (nSPS) is 10.9. The van der Waals surface area contributed by atoms with Gasteiger partial charge in [0.1, 0.15) is 11.6 Å². The number of hydrogen-bond acceptors (Lipinski definition) is 4. The molecule has 2 rings (SSSR count). The molecule has 1 amide bonds. The summed E-state index contributed by atoms with van der Waals surface area (Å²) in [7, 11) is 0. The van der Waals surface area contributed by atoms with E-state index in [4.69, 9.17) is 16.9 Å². The average Bonchev–Trinajstić information content (AvgIpc) is 2.93. The number of nitrogens with one attached hydrogen (secondary N) is 1. The van der Waals surface area contributed by atoms with Gasteiger partial charge in [0.2, 0.25) is 0 Å². The molecule has 1 heterocycles. The van der Waals surface area contributed by atoms with E-state index in [-0.39, 0.29) is 11.5 Å². The first-order valence-electron chi connectivity index (χ1n) is 5.71. The number of nitriles is 1. The van der Waals surface area contributed by atoms with Gasteiger partial charge >= 0.3 is 0 Å². The number of rotatable bonds is 4. The molecule has 0 saturated heterocycles. The van der Waals surface area contributed by atoms with Gasteiger partial charge in [-0.05, 0) is 11.6 Å². The zero-order chi connectivity index (χ0) is 14.4. The summed E-state index contributed by atoms with van der Waals surface area (Å²) < 4.78 is 0. The van der Waals surface area contributed by atoms with Crippen LogP contribution in [0.4, 0.5) is 5.13 Å². The molecule has 0 fully saturated rings. The quantitative estimate of drug-likeness (QED) is 0.534. The highest BCUT2D eigenvalue weighted by atomic mass is 35.5. The number of alkyl halides is 1. The van der Waals surface area contributed by atoms with Gasteiger partial charge < -0.3 is 0 Å². The van der Waals surface area contributed by atoms with Crippen molar-refractivity contribution in [3.8, 4) is 6.07 Å². The minimum absolute atomic E-state index is 0.0267. The predicted molar refractivity (Wildman–Crippen MR) is 80.3 cm³/mol. The van der Waals surface area contributed by atoms with Crippen LogP contribution in [0.15, 0.2) is 41.3 Å². The molecule has 1 aromatic heterocycles. The fourth-order valence-corrected chi connectivity index (χ4v) is 2.39. The van der Waals surface area contributed by atoms with E-state index >= 15 is 0 Å². The Bertz CT molecular complexity index is 673. The first-order chi connectivity index (χ1) is 9.72. The molecule has 0 saturated carbocycles. The Hall–Kier alpha value is -2.16. The lowest BCUT2D eigenvalue weighted by atomic mass is 10.1. The van der Waals surface area contributed by atoms with Crippen molar-refractivity contribution in [2.45, 2.75) is 5.88 Å². The van der Waals surface area contributed by atoms with Gasteiger partial charge in [-0.3, -0.25) is 10.1 Å². The molecule has 0 bridgehead atoms. The standard InChI is InChI=1S/C14H10ClN3OS/c15-7-12-9-20-14(17-12)18-13(19)11(8-16)6-10-4-2-1-3-5-10/h1-6,9H,7H2,(H,17,18,19)/b11-6+. The number of thiazole rings is 1. The van der Waals surface area contributed by atoms with Gasteiger partial charge in [0.25, 0.3) is 5.91 Å². The Balaban J connectivity index is 2.14. The summed E-state index contributed by atoms with van der Waals surface area (Å²) in [6.45, 7) is 0. The molecule has 0 radical (unpaired) electrons. The SMILES string of the molecule is N#C/C(=C\c1ccccc1)C(=O)Nc1nc(CCl)cs1. The number of anilines is 1. The number of benzene rings is 1. The van der Waals surface area contributed by atoms with E-state index in [1.807, 2.05) is 36.4 Å². The van der Waals surface area contributed by atoms with Gasteiger partial charge in [-0.25, -0.2) is 4.98 Å². The van der Waals surface area contributed by atoms with E-state index in [1.54, 1.807) is 5.38 Å². The number of nitrogens with zero attached hydrogens (tertiary/aromatic N) is 2. The fourth-order valence-electron chi connectivity index (χ4n) is 1.45. The van der Waals surface area contributed by atoms with Gasteiger partial charge in [-0.2, -0.15) is 5.26 Å². The summed E-state index contributed by atoms with van der Waals surface area (Å²) in [4.78, 5) is 16.1. The molecule has 1 aromatic carbocycles. The zero-order valence-electron chi connectivity index (χ0n) is 10.3. The van der Waals surface area contributed by atoms with Crippen molar-refractivity contribution >= 4 is 40.1 Å². The van der Waals surface area contributed by atoms with E-state index in [0.29, 0.717) is 10.8 Å². The maximum Gasteiger partial charge on any atom is 0.268 e. The molecule has 0 aliphatic heterocycles. The van der Waals surface area contributed by atoms with Gasteiger partial charge in [-0.1, -0.05) is 30.3 Å². The van der Waals surface area contributed by atoms with Crippen LogP contribution in [0, 0.1) is 11.3 Å². The summed E-state index contributed by atoms with van der Waals surface area (Å²) in [6.07, 6.45) is 1.53. The number of carbonyl (C=O) groups excluding carboxylic acids is 1. The smallest absolute Gasteiger partial charge is 0.268 e. The molecule has 0 aliphatic rings. The van der Waals surface area contributed by atoms with Crippen LogP contribution in [-0.4, -0.2) is 10.9 Å². The van der Waals surface area contributed by atoms with Crippen LogP contribution in [0.3, 0.4) is 0 Å². The highest BCUT2D eigenvalue weighted by molar-refractivity contribution is 7.14. The molecule has 0 atom stereocenters. The van der Waals surface area contributed by atoms with Crippen molar-refractivity contribution in [3.05, 3.63) is 52.5 Å². The van der Waals surface area contributed by atoms with Crippen LogP contribution in [0.2, 0.25) is 0 Å². The molecule has 4 nitrogen and oxygen atoms in total. The van der Waals surface area contributed by atoms with Crippen LogP contribution in [0.25, 0.3) is 6.08 Å². The Morgan fingerprint density at radius 2 is 2.20 bits per heavy atom. The molecular formula is C14H10ClN3OS. The second kappa shape index (κ2) is 6.85. The predicted octanol–water partition coefficient (Wildman–Crippen LogP) is 3.43. The number of carbonyl (C=O) groups is 1. The van der Waals surface area contributed by atoms with Crippen molar-refractivity contribution in [1.29, 1.82) is 5.26 Å². The maximum atomic E-state index is 12.0. The van der Waals surface area contributed by atoms with Crippen molar-refractivity contribution in [3.63, 3.8) is 0 Å². The first kappa shape index (κ1) is 14.3. The highest BCUT2D eigenvalue weighted by Crippen LogP contribution is 2.17. The lowest BCUT2D eigenvalue weighted by Gasteiger charge is -2.00. The topological polar surface area (TPSA) is 65.8 Å². The van der Waals surface area contributed by atoms with E-state index < -0.39 is 5.91 Å². The van der Waals surface area contributed by atoms with E-state index in [1.165, 1.54) is 17.4 Å². The molecular weight excluding hydrogens is 294 g/mol. The Kier molecular flexibility index (Phi) is 4.88. The molecule has 0 spiro atoms. The second-order valence-electron chi connectivity index (χ2n) is 3.81. The molecule has 1 N–H and O–H groups in total. The minimum Gasteiger partial charge on any atom is -0.297 e. The molecule has 0 aliphatic carbocycles. The molecule has 2 aromatic rings. The lowest BCUT2D eigenvalue weighted by Crippen LogP contribution is -2.13. The third-order valence-corrected chi connectivity index (χ3v) is 3.47. The van der Waals surface area contributed by atoms with Crippen LogP contribution >= 0.6 is 22.9 Å². The Labute approximate surface area is 125 Å². The Morgan fingerprint density at radius 3 is 2.80 bits per heavy atom. The van der Waals surface area contributed by atoms with Crippen LogP contribution < -0.4 is 5.32 Å². The number of amides is 1. The second-order valence-corrected chi connectivity index (χ2v) is 4.94. The average molecular weight is 304 g/mol. The van der Waals surface area contributed by atoms with Crippen LogP contribution in [0.5, 0.6) is 0 Å². The van der Waals surface area contributed by atoms with E-state index in [0.717, 1.165) is 5.56 Å². The van der Waals surface area contributed by atoms with Gasteiger partial charge in [-0.15, -0.1) is 22.9 Å². The van der Waals surface area contributed by atoms with Crippen molar-refractivity contribution in [1.82, 2.24) is 4.98 Å². The van der Waals surface area contributed by atoms with Crippen LogP contribution in [0.1, 0.15) is 11.3 Å². The number of aromatic nitrogens is 1. The van der Waals surface area contributed by atoms with Crippen LogP contribution in [-0.2, 0) is 10.7 Å². The largest absolute Gasteiger partial charge is 0.297 e. The highest BCUT2D eigenvalue weighted by Gasteiger charge is 2.11. The Morgan fingerprint density at radius 1 is 1.45 bits per heavy atom. The van der Waals surface area contributed by atoms with Gasteiger partial charge in [0, 0.05) is 5.38 Å². The lowest BCUT2D eigenvalue weighted by molar-refractivity contribution is -0.112. The molecule has 6 heteroatoms. The summed E-state index contributed by atoms with van der Waals surface area (Å²) >= 11 is 6.91. The third kappa shape index (κ3) is 3.67. The molecule has 20 heavy (non-hydrogen) atoms. The third-order valence-electron chi connectivity index (χ3n) is 2.38. The van der Waals surface area contributed by atoms with Crippen molar-refractivity contribution in [2.75, 3.05) is 5.32 Å². The first-order valence-corrected chi connectivity index (χ1v) is 7.13. The number of hydrogen-bond donors (Lipinski definition) is 1. The van der Waals surface area contributed by atoms with E-state index in [9.17, 15) is 4.79 Å². The van der Waals surface area contributed by atoms with Crippen molar-refractivity contribution < 1.29 is 4.79 Å². The minimum atomic E-state index is -0.480. The molecule has 100 valence electrons. The maximum absolute atomic E-state index is 12.0. The fraction of sp³-hybridized carbons (Fsp3) is 0.0714. The summed E-state index contributed by atoms with van der Waals surface area (Å²) in [6, 6.07) is 11.1. The monoisotopic (exact) mass is 303 g/mol. The molecule has 0 unspecified atom stereocenters. The van der Waals surface area contributed by atoms with Gasteiger partial charge in [0.15, 0.2) is 5.13 Å². The van der Waals surface area contributed by atoms with Gasteiger partial charge in [0.05, 0.1) is 11.6 Å². The zero-order valence-corrected chi connectivity index (χ0v) is 11.9. The number of halogens is 1. The summed E-state index contributed by atoms with van der Waals surface area (Å²) in [5.41, 5.74) is 1.51.